The number of rotatable bonds is 19. The highest BCUT2D eigenvalue weighted by Crippen LogP contribution is 2.33. The van der Waals surface area contributed by atoms with E-state index in [4.69, 9.17) is 24.7 Å². The molecule has 0 unspecified atom stereocenters. The molecule has 0 aliphatic heterocycles. The maximum Gasteiger partial charge on any atom is 0.354 e. The molecule has 322 valence electrons. The molecule has 0 radical (unpaired) electrons. The molecular formula is C42H49N9O10. The lowest BCUT2D eigenvalue weighted by Crippen LogP contribution is -2.15. The third-order valence-electron chi connectivity index (χ3n) is 9.36. The van der Waals surface area contributed by atoms with Crippen LogP contribution in [-0.2, 0) is 42.5 Å². The Kier molecular flexibility index (Phi) is 14.4. The molecule has 19 heteroatoms. The van der Waals surface area contributed by atoms with Crippen LogP contribution in [0.5, 0.6) is 11.5 Å². The van der Waals surface area contributed by atoms with Gasteiger partial charge in [-0.05, 0) is 43.5 Å². The Morgan fingerprint density at radius 3 is 1.57 bits per heavy atom. The fourth-order valence-corrected chi connectivity index (χ4v) is 6.31. The summed E-state index contributed by atoms with van der Waals surface area (Å²) in [7, 11) is 9.35. The molecule has 5 rings (SSSR count). The SMILES string of the molecule is C=CCOC(=O)c1cc(OC)c(OCCCCCC(=O)Nc2cc(C(=O)Nc3cc(C(=O)Nc4cc(C(=O)Nc5cc(C(=O)OC)n(C)c5)n(C)c4)n(C)c3)n(C)c2)cc1N. The van der Waals surface area contributed by atoms with E-state index in [1.807, 2.05) is 0 Å². The molecule has 0 fully saturated rings. The second-order valence-corrected chi connectivity index (χ2v) is 13.9. The summed E-state index contributed by atoms with van der Waals surface area (Å²) in [5, 5.41) is 11.1. The van der Waals surface area contributed by atoms with E-state index in [-0.39, 0.29) is 53.0 Å². The average molecular weight is 840 g/mol. The third-order valence-corrected chi connectivity index (χ3v) is 9.36. The number of ether oxygens (including phenoxy) is 4. The smallest absolute Gasteiger partial charge is 0.354 e. The molecule has 0 aliphatic carbocycles. The van der Waals surface area contributed by atoms with E-state index in [1.54, 1.807) is 72.7 Å². The van der Waals surface area contributed by atoms with Crippen LogP contribution >= 0.6 is 0 Å². The lowest BCUT2D eigenvalue weighted by molar-refractivity contribution is -0.116. The van der Waals surface area contributed by atoms with E-state index < -0.39 is 29.7 Å². The molecule has 6 N–H and O–H groups in total. The van der Waals surface area contributed by atoms with Gasteiger partial charge in [-0.15, -0.1) is 0 Å². The quantitative estimate of drug-likeness (QED) is 0.0318. The van der Waals surface area contributed by atoms with Crippen LogP contribution in [0, 0.1) is 0 Å². The highest BCUT2D eigenvalue weighted by atomic mass is 16.5. The lowest BCUT2D eigenvalue weighted by Gasteiger charge is -2.14. The van der Waals surface area contributed by atoms with Crippen LogP contribution < -0.4 is 36.5 Å². The molecule has 19 nitrogen and oxygen atoms in total. The average Bonchev–Trinajstić information content (AvgIpc) is 3.99. The second kappa shape index (κ2) is 19.8. The van der Waals surface area contributed by atoms with Crippen LogP contribution in [0.25, 0.3) is 0 Å². The minimum atomic E-state index is -0.601. The predicted molar refractivity (Wildman–Crippen MR) is 227 cm³/mol. The number of nitrogens with one attached hydrogen (secondary N) is 4. The first kappa shape index (κ1) is 44.4. The normalized spacial score (nSPS) is 10.7. The molecule has 0 saturated carbocycles. The predicted octanol–water partition coefficient (Wildman–Crippen LogP) is 5.10. The van der Waals surface area contributed by atoms with E-state index in [1.165, 1.54) is 55.2 Å². The molecule has 0 saturated heterocycles. The number of benzene rings is 1. The highest BCUT2D eigenvalue weighted by molar-refractivity contribution is 6.09. The van der Waals surface area contributed by atoms with Gasteiger partial charge in [0.15, 0.2) is 11.5 Å². The molecule has 61 heavy (non-hydrogen) atoms. The number of aromatic nitrogens is 4. The number of hydrogen-bond donors (Lipinski definition) is 5. The first-order valence-corrected chi connectivity index (χ1v) is 19.0. The Labute approximate surface area is 351 Å². The number of nitrogens with zero attached hydrogens (tertiary/aromatic N) is 4. The first-order chi connectivity index (χ1) is 29.1. The number of hydrogen-bond acceptors (Lipinski definition) is 11. The molecule has 1 aromatic carbocycles. The van der Waals surface area contributed by atoms with E-state index in [0.717, 1.165) is 0 Å². The second-order valence-electron chi connectivity index (χ2n) is 13.9. The molecular weight excluding hydrogens is 791 g/mol. The van der Waals surface area contributed by atoms with Crippen LogP contribution in [-0.4, -0.2) is 81.3 Å². The number of amides is 4. The van der Waals surface area contributed by atoms with Gasteiger partial charge in [-0.1, -0.05) is 12.7 Å². The van der Waals surface area contributed by atoms with Gasteiger partial charge in [0.05, 0.1) is 54.8 Å². The van der Waals surface area contributed by atoms with Gasteiger partial charge >= 0.3 is 11.9 Å². The van der Waals surface area contributed by atoms with E-state index in [2.05, 4.69) is 27.8 Å². The number of aryl methyl sites for hydroxylation is 4. The summed E-state index contributed by atoms with van der Waals surface area (Å²) in [5.74, 6) is -2.06. The number of esters is 2. The minimum absolute atomic E-state index is 0.0491. The van der Waals surface area contributed by atoms with Crippen LogP contribution in [0.15, 0.2) is 73.8 Å². The van der Waals surface area contributed by atoms with E-state index >= 15 is 0 Å². The molecule has 4 aromatic heterocycles. The van der Waals surface area contributed by atoms with Crippen molar-refractivity contribution in [3.63, 3.8) is 0 Å². The molecule has 0 bridgehead atoms. The molecule has 0 aliphatic rings. The summed E-state index contributed by atoms with van der Waals surface area (Å²) >= 11 is 0. The van der Waals surface area contributed by atoms with E-state index in [9.17, 15) is 28.8 Å². The Morgan fingerprint density at radius 1 is 0.623 bits per heavy atom. The number of carbonyl (C=O) groups is 6. The van der Waals surface area contributed by atoms with Crippen molar-refractivity contribution in [1.82, 2.24) is 18.3 Å². The van der Waals surface area contributed by atoms with Crippen molar-refractivity contribution in [2.75, 3.05) is 54.4 Å². The molecule has 4 amide bonds. The van der Waals surface area contributed by atoms with Crippen molar-refractivity contribution < 1.29 is 47.7 Å². The van der Waals surface area contributed by atoms with Gasteiger partial charge in [-0.2, -0.15) is 0 Å². The van der Waals surface area contributed by atoms with Crippen LogP contribution in [0.1, 0.15) is 78.0 Å². The zero-order chi connectivity index (χ0) is 44.4. The van der Waals surface area contributed by atoms with Crippen molar-refractivity contribution in [2.24, 2.45) is 28.2 Å². The first-order valence-electron chi connectivity index (χ1n) is 19.0. The monoisotopic (exact) mass is 839 g/mol. The Morgan fingerprint density at radius 2 is 1.10 bits per heavy atom. The third kappa shape index (κ3) is 11.1. The highest BCUT2D eigenvalue weighted by Gasteiger charge is 2.21. The molecule has 4 heterocycles. The summed E-state index contributed by atoms with van der Waals surface area (Å²) in [6.45, 7) is 3.90. The fraction of sp³-hybridized carbons (Fsp3) is 0.286. The zero-order valence-corrected chi connectivity index (χ0v) is 34.7. The number of anilines is 5. The lowest BCUT2D eigenvalue weighted by atomic mass is 10.1. The fourth-order valence-electron chi connectivity index (χ4n) is 6.31. The number of methoxy groups -OCH3 is 2. The summed E-state index contributed by atoms with van der Waals surface area (Å²) in [6.07, 6.45) is 9.99. The van der Waals surface area contributed by atoms with Crippen molar-refractivity contribution in [1.29, 1.82) is 0 Å². The van der Waals surface area contributed by atoms with Crippen molar-refractivity contribution >= 4 is 64.0 Å². The maximum atomic E-state index is 13.3. The number of nitrogens with two attached hydrogens (primary N) is 1. The summed E-state index contributed by atoms with van der Waals surface area (Å²) < 4.78 is 27.2. The molecule has 5 aromatic rings. The number of unbranched alkanes of at least 4 members (excludes halogenated alkanes) is 2. The summed E-state index contributed by atoms with van der Waals surface area (Å²) in [5.41, 5.74) is 8.95. The standard InChI is InChI=1S/C42H49N9O10/c1-8-13-61-41(56)29-19-35(58-6)36(20-30(29)43)60-14-11-9-10-12-37(52)44-25-15-31(48(2)21-25)38(53)45-26-16-32(49(3)22-26)39(54)46-27-17-33(50(4)23-27)40(55)47-28-18-34(42(57)59-7)51(5)24-28/h8,15-24H,1,9-14,43H2,2-7H3,(H,44,52)(H,45,53)(H,46,54)(H,47,55). The topological polar surface area (TPSA) is 233 Å². The Bertz CT molecular complexity index is 2470. The summed E-state index contributed by atoms with van der Waals surface area (Å²) in [6, 6.07) is 9.05. The van der Waals surface area contributed by atoms with Crippen LogP contribution in [0.4, 0.5) is 28.4 Å². The molecule has 0 spiro atoms. The van der Waals surface area contributed by atoms with Gasteiger partial charge in [0, 0.05) is 71.5 Å². The largest absolute Gasteiger partial charge is 0.493 e. The number of nitrogen functional groups attached to an aromatic ring is 1. The zero-order valence-electron chi connectivity index (χ0n) is 34.7. The molecule has 0 atom stereocenters. The Balaban J connectivity index is 1.07. The van der Waals surface area contributed by atoms with Gasteiger partial charge in [0.2, 0.25) is 5.91 Å². The van der Waals surface area contributed by atoms with Crippen molar-refractivity contribution in [3.05, 3.63) is 102 Å². The van der Waals surface area contributed by atoms with E-state index in [0.29, 0.717) is 60.1 Å². The van der Waals surface area contributed by atoms with Crippen molar-refractivity contribution in [3.8, 4) is 11.5 Å². The summed E-state index contributed by atoms with van der Waals surface area (Å²) in [4.78, 5) is 76.5. The Hall–Kier alpha value is -7.70. The van der Waals surface area contributed by atoms with Crippen molar-refractivity contribution in [2.45, 2.75) is 25.7 Å². The maximum absolute atomic E-state index is 13.3. The van der Waals surface area contributed by atoms with Gasteiger partial charge in [0.25, 0.3) is 17.7 Å². The number of carbonyl (C=O) groups excluding carboxylic acids is 6. The van der Waals surface area contributed by atoms with Gasteiger partial charge < -0.3 is 64.2 Å². The minimum Gasteiger partial charge on any atom is -0.493 e. The van der Waals surface area contributed by atoms with Crippen LogP contribution in [0.2, 0.25) is 0 Å². The van der Waals surface area contributed by atoms with Crippen LogP contribution in [0.3, 0.4) is 0 Å². The van der Waals surface area contributed by atoms with Gasteiger partial charge in [-0.25, -0.2) is 9.59 Å². The van der Waals surface area contributed by atoms with Gasteiger partial charge in [-0.3, -0.25) is 19.2 Å². The van der Waals surface area contributed by atoms with Gasteiger partial charge in [0.1, 0.15) is 29.4 Å².